The topological polar surface area (TPSA) is 49.3 Å². The van der Waals surface area contributed by atoms with Gasteiger partial charge in [0, 0.05) is 32.4 Å². The van der Waals surface area contributed by atoms with Crippen LogP contribution in [0.4, 0.5) is 9.52 Å². The molecular weight excluding hydrogens is 387 g/mol. The summed E-state index contributed by atoms with van der Waals surface area (Å²) < 4.78 is 13.9. The summed E-state index contributed by atoms with van der Waals surface area (Å²) in [6.45, 7) is 2.84. The van der Waals surface area contributed by atoms with E-state index in [1.54, 1.807) is 29.7 Å². The third-order valence-corrected chi connectivity index (χ3v) is 7.28. The molecule has 3 heterocycles. The molecule has 0 bridgehead atoms. The van der Waals surface area contributed by atoms with Crippen molar-refractivity contribution in [1.29, 1.82) is 0 Å². The molecule has 150 valence electrons. The zero-order chi connectivity index (χ0) is 19.8. The molecule has 3 aromatic rings. The van der Waals surface area contributed by atoms with Gasteiger partial charge in [-0.2, -0.15) is 0 Å². The molecule has 1 amide bonds. The monoisotopic (exact) mass is 410 g/mol. The second kappa shape index (κ2) is 7.37. The molecule has 5 nitrogen and oxygen atoms in total. The minimum atomic E-state index is -0.565. The number of pyridine rings is 1. The Morgan fingerprint density at radius 1 is 1.07 bits per heavy atom. The minimum Gasteiger partial charge on any atom is -0.344 e. The Kier molecular flexibility index (Phi) is 4.70. The van der Waals surface area contributed by atoms with Gasteiger partial charge in [0.2, 0.25) is 5.91 Å². The number of benzene rings is 1. The van der Waals surface area contributed by atoms with Gasteiger partial charge in [-0.1, -0.05) is 36.3 Å². The number of amides is 1. The fraction of sp³-hybridized carbons (Fsp3) is 0.409. The maximum Gasteiger partial charge on any atom is 0.233 e. The van der Waals surface area contributed by atoms with E-state index in [-0.39, 0.29) is 11.7 Å². The number of thiazole rings is 1. The summed E-state index contributed by atoms with van der Waals surface area (Å²) in [4.78, 5) is 27.8. The summed E-state index contributed by atoms with van der Waals surface area (Å²) in [5.41, 5.74) is 1.19. The first kappa shape index (κ1) is 18.5. The molecule has 7 heteroatoms. The van der Waals surface area contributed by atoms with Crippen molar-refractivity contribution < 1.29 is 9.18 Å². The highest BCUT2D eigenvalue weighted by Crippen LogP contribution is 2.43. The summed E-state index contributed by atoms with van der Waals surface area (Å²) in [6, 6.07) is 10.5. The normalized spacial score (nSPS) is 19.1. The highest BCUT2D eigenvalue weighted by Gasteiger charge is 2.45. The van der Waals surface area contributed by atoms with E-state index in [9.17, 15) is 9.18 Å². The van der Waals surface area contributed by atoms with E-state index in [0.29, 0.717) is 13.1 Å². The molecule has 1 aliphatic heterocycles. The second-order valence-electron chi connectivity index (χ2n) is 7.90. The Morgan fingerprint density at radius 3 is 2.59 bits per heavy atom. The van der Waals surface area contributed by atoms with Gasteiger partial charge in [0.15, 0.2) is 5.13 Å². The smallest absolute Gasteiger partial charge is 0.233 e. The molecule has 1 saturated carbocycles. The van der Waals surface area contributed by atoms with Crippen LogP contribution in [0.5, 0.6) is 0 Å². The van der Waals surface area contributed by atoms with E-state index in [1.807, 2.05) is 23.1 Å². The highest BCUT2D eigenvalue weighted by atomic mass is 32.1. The molecule has 5 rings (SSSR count). The number of piperazine rings is 1. The molecule has 29 heavy (non-hydrogen) atoms. The predicted molar refractivity (Wildman–Crippen MR) is 113 cm³/mol. The number of nitrogens with zero attached hydrogens (tertiary/aromatic N) is 4. The fourth-order valence-electron chi connectivity index (χ4n) is 4.69. The quantitative estimate of drug-likeness (QED) is 0.655. The lowest BCUT2D eigenvalue weighted by Gasteiger charge is -2.40. The molecular formula is C22H23FN4OS. The standard InChI is InChI=1S/C22H23FN4OS/c23-17-6-3-5-16(15-17)22(8-1-2-9-22)20(28)26-11-13-27(14-12-26)21-25-18-7-4-10-24-19(18)29-21/h3-7,10,15H,1-2,8-9,11-14H2. The van der Waals surface area contributed by atoms with Gasteiger partial charge in [0.25, 0.3) is 0 Å². The van der Waals surface area contributed by atoms with Crippen LogP contribution in [0, 0.1) is 5.82 Å². The Labute approximate surface area is 173 Å². The summed E-state index contributed by atoms with van der Waals surface area (Å²) in [6.07, 6.45) is 5.42. The fourth-order valence-corrected chi connectivity index (χ4v) is 5.65. The lowest BCUT2D eigenvalue weighted by atomic mass is 9.77. The average molecular weight is 411 g/mol. The average Bonchev–Trinajstić information content (AvgIpc) is 3.41. The van der Waals surface area contributed by atoms with Crippen LogP contribution >= 0.6 is 11.3 Å². The first-order valence-corrected chi connectivity index (χ1v) is 11.0. The Hall–Kier alpha value is -2.54. The number of fused-ring (bicyclic) bond motifs is 1. The number of hydrogen-bond donors (Lipinski definition) is 0. The highest BCUT2D eigenvalue weighted by molar-refractivity contribution is 7.21. The summed E-state index contributed by atoms with van der Waals surface area (Å²) >= 11 is 1.60. The first-order valence-electron chi connectivity index (χ1n) is 10.2. The predicted octanol–water partition coefficient (Wildman–Crippen LogP) is 3.99. The van der Waals surface area contributed by atoms with Crippen LogP contribution in [-0.2, 0) is 10.2 Å². The van der Waals surface area contributed by atoms with Crippen molar-refractivity contribution in [1.82, 2.24) is 14.9 Å². The zero-order valence-electron chi connectivity index (χ0n) is 16.2. The molecule has 2 aromatic heterocycles. The van der Waals surface area contributed by atoms with Gasteiger partial charge < -0.3 is 9.80 Å². The molecule has 2 fully saturated rings. The van der Waals surface area contributed by atoms with E-state index in [0.717, 1.165) is 59.8 Å². The van der Waals surface area contributed by atoms with Crippen molar-refractivity contribution in [3.63, 3.8) is 0 Å². The maximum absolute atomic E-state index is 13.9. The Balaban J connectivity index is 1.33. The number of carbonyl (C=O) groups excluding carboxylic acids is 1. The second-order valence-corrected chi connectivity index (χ2v) is 8.86. The zero-order valence-corrected chi connectivity index (χ0v) is 17.0. The van der Waals surface area contributed by atoms with E-state index in [2.05, 4.69) is 9.88 Å². The molecule has 0 spiro atoms. The molecule has 2 aliphatic rings. The number of carbonyl (C=O) groups is 1. The Bertz CT molecular complexity index is 1000. The number of halogens is 1. The van der Waals surface area contributed by atoms with E-state index >= 15 is 0 Å². The molecule has 0 unspecified atom stereocenters. The van der Waals surface area contributed by atoms with Crippen LogP contribution < -0.4 is 4.90 Å². The first-order chi connectivity index (χ1) is 14.2. The van der Waals surface area contributed by atoms with Crippen LogP contribution in [0.25, 0.3) is 10.3 Å². The summed E-state index contributed by atoms with van der Waals surface area (Å²) in [5, 5.41) is 0.964. The lowest BCUT2D eigenvalue weighted by Crippen LogP contribution is -2.54. The molecule has 0 radical (unpaired) electrons. The van der Waals surface area contributed by atoms with E-state index in [1.165, 1.54) is 6.07 Å². The maximum atomic E-state index is 13.9. The van der Waals surface area contributed by atoms with Crippen LogP contribution in [-0.4, -0.2) is 47.0 Å². The molecule has 1 aliphatic carbocycles. The van der Waals surface area contributed by atoms with Crippen LogP contribution in [0.2, 0.25) is 0 Å². The minimum absolute atomic E-state index is 0.159. The largest absolute Gasteiger partial charge is 0.344 e. The van der Waals surface area contributed by atoms with E-state index < -0.39 is 5.41 Å². The van der Waals surface area contributed by atoms with Crippen LogP contribution in [0.1, 0.15) is 31.2 Å². The van der Waals surface area contributed by atoms with Crippen molar-refractivity contribution in [2.24, 2.45) is 0 Å². The third kappa shape index (κ3) is 3.27. The third-order valence-electron chi connectivity index (χ3n) is 6.24. The van der Waals surface area contributed by atoms with E-state index in [4.69, 9.17) is 4.98 Å². The summed E-state index contributed by atoms with van der Waals surface area (Å²) in [7, 11) is 0. The lowest BCUT2D eigenvalue weighted by molar-refractivity contribution is -0.137. The molecule has 1 aromatic carbocycles. The molecule has 0 atom stereocenters. The summed E-state index contributed by atoms with van der Waals surface area (Å²) in [5.74, 6) is -0.109. The van der Waals surface area contributed by atoms with Gasteiger partial charge in [-0.15, -0.1) is 0 Å². The molecule has 1 saturated heterocycles. The van der Waals surface area contributed by atoms with Gasteiger partial charge in [-0.05, 0) is 42.7 Å². The van der Waals surface area contributed by atoms with Crippen LogP contribution in [0.15, 0.2) is 42.6 Å². The molecule has 0 N–H and O–H groups in total. The van der Waals surface area contributed by atoms with Gasteiger partial charge in [-0.25, -0.2) is 14.4 Å². The van der Waals surface area contributed by atoms with Gasteiger partial charge >= 0.3 is 0 Å². The SMILES string of the molecule is O=C(N1CCN(c2nc3cccnc3s2)CC1)C1(c2cccc(F)c2)CCCC1. The number of hydrogen-bond acceptors (Lipinski definition) is 5. The number of rotatable bonds is 3. The van der Waals surface area contributed by atoms with Crippen molar-refractivity contribution in [3.8, 4) is 0 Å². The van der Waals surface area contributed by atoms with Gasteiger partial charge in [-0.3, -0.25) is 4.79 Å². The van der Waals surface area contributed by atoms with Crippen molar-refractivity contribution >= 4 is 32.7 Å². The van der Waals surface area contributed by atoms with Crippen molar-refractivity contribution in [2.75, 3.05) is 31.1 Å². The number of anilines is 1. The van der Waals surface area contributed by atoms with Crippen molar-refractivity contribution in [2.45, 2.75) is 31.1 Å². The van der Waals surface area contributed by atoms with Crippen LogP contribution in [0.3, 0.4) is 0 Å². The van der Waals surface area contributed by atoms with Gasteiger partial charge in [0.1, 0.15) is 16.2 Å². The Morgan fingerprint density at radius 2 is 1.86 bits per heavy atom. The van der Waals surface area contributed by atoms with Crippen molar-refractivity contribution in [3.05, 3.63) is 54.0 Å². The van der Waals surface area contributed by atoms with Gasteiger partial charge in [0.05, 0.1) is 5.41 Å². The number of aromatic nitrogens is 2.